The molecule has 1 fully saturated rings. The van der Waals surface area contributed by atoms with E-state index in [2.05, 4.69) is 15.5 Å². The Balaban J connectivity index is 1.90. The number of hydrogen-bond acceptors (Lipinski definition) is 4. The highest BCUT2D eigenvalue weighted by molar-refractivity contribution is 5.96. The number of fused-ring (bicyclic) bond motifs is 1. The third-order valence-corrected chi connectivity index (χ3v) is 4.96. The van der Waals surface area contributed by atoms with Gasteiger partial charge in [-0.1, -0.05) is 0 Å². The minimum atomic E-state index is -1.00. The van der Waals surface area contributed by atoms with Gasteiger partial charge in [-0.3, -0.25) is 9.20 Å². The molecule has 0 bridgehead atoms. The smallest absolute Gasteiger partial charge is 0.251 e. The van der Waals surface area contributed by atoms with Crippen LogP contribution in [0.1, 0.15) is 48.4 Å². The van der Waals surface area contributed by atoms with Crippen molar-refractivity contribution in [2.45, 2.75) is 45.2 Å². The summed E-state index contributed by atoms with van der Waals surface area (Å²) in [4.78, 5) is 12.3. The fourth-order valence-corrected chi connectivity index (χ4v) is 3.21. The lowest BCUT2D eigenvalue weighted by atomic mass is 9.96. The number of halogens is 3. The van der Waals surface area contributed by atoms with E-state index in [4.69, 9.17) is 5.73 Å². The molecule has 0 saturated heterocycles. The van der Waals surface area contributed by atoms with Crippen LogP contribution in [-0.4, -0.2) is 26.5 Å². The number of carbonyl (C=O) groups excluding carboxylic acids is 1. The van der Waals surface area contributed by atoms with Crippen molar-refractivity contribution in [2.75, 3.05) is 0 Å². The average Bonchev–Trinajstić information content (AvgIpc) is 3.32. The summed E-state index contributed by atoms with van der Waals surface area (Å²) in [5.41, 5.74) is 4.28. The summed E-state index contributed by atoms with van der Waals surface area (Å²) in [6.45, 7) is 4.66. The highest BCUT2D eigenvalue weighted by Crippen LogP contribution is 2.34. The van der Waals surface area contributed by atoms with Gasteiger partial charge in [-0.05, 0) is 56.9 Å². The van der Waals surface area contributed by atoms with E-state index in [0.717, 1.165) is 29.5 Å². The first-order chi connectivity index (χ1) is 13.6. The molecule has 0 atom stereocenters. The summed E-state index contributed by atoms with van der Waals surface area (Å²) in [5.74, 6) is -2.98. The summed E-state index contributed by atoms with van der Waals surface area (Å²) in [6, 6.07) is 2.42. The maximum Gasteiger partial charge on any atom is 0.251 e. The number of nitrogens with zero attached hydrogens (tertiary/aromatic N) is 3. The van der Waals surface area contributed by atoms with Gasteiger partial charge in [-0.25, -0.2) is 13.2 Å². The Morgan fingerprint density at radius 1 is 1.21 bits per heavy atom. The first-order valence-electron chi connectivity index (χ1n) is 9.21. The summed E-state index contributed by atoms with van der Waals surface area (Å²) in [5, 5.41) is 10.4. The maximum atomic E-state index is 15.3. The highest BCUT2D eigenvalue weighted by atomic mass is 19.1. The van der Waals surface area contributed by atoms with Crippen LogP contribution in [0.2, 0.25) is 0 Å². The van der Waals surface area contributed by atoms with Crippen LogP contribution in [-0.2, 0) is 5.54 Å². The Hall–Kier alpha value is -2.94. The van der Waals surface area contributed by atoms with Crippen LogP contribution in [0.15, 0.2) is 18.3 Å². The Morgan fingerprint density at radius 3 is 2.52 bits per heavy atom. The molecule has 0 spiro atoms. The first kappa shape index (κ1) is 19.4. The summed E-state index contributed by atoms with van der Waals surface area (Å²) in [6.07, 6.45) is 2.74. The SMILES string of the molecule is Cc1c(F)cc(C(=O)NC2CC2)cc1-c1c(F)cn2c(C(C)(C)N)nnc2c1F. The Kier molecular flexibility index (Phi) is 4.38. The Labute approximate surface area is 164 Å². The highest BCUT2D eigenvalue weighted by Gasteiger charge is 2.28. The number of benzene rings is 1. The summed E-state index contributed by atoms with van der Waals surface area (Å²) >= 11 is 0. The van der Waals surface area contributed by atoms with Gasteiger partial charge in [0.2, 0.25) is 0 Å². The van der Waals surface area contributed by atoms with Crippen LogP contribution in [0.3, 0.4) is 0 Å². The van der Waals surface area contributed by atoms with Crippen LogP contribution in [0, 0.1) is 24.4 Å². The van der Waals surface area contributed by atoms with E-state index < -0.39 is 34.5 Å². The average molecular weight is 403 g/mol. The fraction of sp³-hybridized carbons (Fsp3) is 0.350. The van der Waals surface area contributed by atoms with Crippen molar-refractivity contribution in [3.63, 3.8) is 0 Å². The quantitative estimate of drug-likeness (QED) is 0.701. The molecule has 1 saturated carbocycles. The fourth-order valence-electron chi connectivity index (χ4n) is 3.21. The van der Waals surface area contributed by atoms with E-state index in [1.54, 1.807) is 13.8 Å². The van der Waals surface area contributed by atoms with Crippen molar-refractivity contribution < 1.29 is 18.0 Å². The third kappa shape index (κ3) is 3.35. The molecule has 2 aromatic heterocycles. The second-order valence-electron chi connectivity index (χ2n) is 7.98. The van der Waals surface area contributed by atoms with Crippen LogP contribution in [0.25, 0.3) is 16.8 Å². The van der Waals surface area contributed by atoms with Gasteiger partial charge in [0.15, 0.2) is 23.1 Å². The van der Waals surface area contributed by atoms with Crippen molar-refractivity contribution in [3.05, 3.63) is 52.7 Å². The summed E-state index contributed by atoms with van der Waals surface area (Å²) in [7, 11) is 0. The molecular formula is C20H20F3N5O. The van der Waals surface area contributed by atoms with Gasteiger partial charge in [0.05, 0.1) is 11.1 Å². The minimum Gasteiger partial charge on any atom is -0.349 e. The van der Waals surface area contributed by atoms with Crippen molar-refractivity contribution in [1.82, 2.24) is 19.9 Å². The molecule has 2 heterocycles. The molecule has 9 heteroatoms. The third-order valence-electron chi connectivity index (χ3n) is 4.96. The van der Waals surface area contributed by atoms with Crippen LogP contribution < -0.4 is 11.1 Å². The monoisotopic (exact) mass is 403 g/mol. The van der Waals surface area contributed by atoms with Crippen molar-refractivity contribution >= 4 is 11.6 Å². The van der Waals surface area contributed by atoms with Gasteiger partial charge in [0, 0.05) is 17.8 Å². The van der Waals surface area contributed by atoms with Crippen molar-refractivity contribution in [2.24, 2.45) is 5.73 Å². The molecule has 1 amide bonds. The molecule has 29 heavy (non-hydrogen) atoms. The first-order valence-corrected chi connectivity index (χ1v) is 9.21. The van der Waals surface area contributed by atoms with Gasteiger partial charge in [0.1, 0.15) is 5.82 Å². The lowest BCUT2D eigenvalue weighted by Gasteiger charge is -2.17. The maximum absolute atomic E-state index is 15.3. The number of hydrogen-bond donors (Lipinski definition) is 2. The Bertz CT molecular complexity index is 1150. The van der Waals surface area contributed by atoms with Crippen LogP contribution in [0.5, 0.6) is 0 Å². The molecule has 3 N–H and O–H groups in total. The molecule has 0 unspecified atom stereocenters. The molecule has 4 rings (SSSR count). The second kappa shape index (κ2) is 6.55. The zero-order valence-electron chi connectivity index (χ0n) is 16.2. The van der Waals surface area contributed by atoms with Gasteiger partial charge in [-0.2, -0.15) is 0 Å². The molecule has 152 valence electrons. The molecule has 6 nitrogen and oxygen atoms in total. The largest absolute Gasteiger partial charge is 0.349 e. The van der Waals surface area contributed by atoms with Crippen molar-refractivity contribution in [3.8, 4) is 11.1 Å². The second-order valence-corrected chi connectivity index (χ2v) is 7.98. The normalized spacial score (nSPS) is 14.4. The zero-order valence-corrected chi connectivity index (χ0v) is 16.2. The van der Waals surface area contributed by atoms with E-state index in [9.17, 15) is 13.6 Å². The number of carbonyl (C=O) groups is 1. The van der Waals surface area contributed by atoms with E-state index in [1.165, 1.54) is 13.0 Å². The molecule has 1 aromatic carbocycles. The number of nitrogens with two attached hydrogens (primary N) is 1. The molecule has 0 radical (unpaired) electrons. The summed E-state index contributed by atoms with van der Waals surface area (Å²) < 4.78 is 45.9. The lowest BCUT2D eigenvalue weighted by molar-refractivity contribution is 0.0950. The number of amides is 1. The number of rotatable bonds is 4. The molecular weight excluding hydrogens is 383 g/mol. The minimum absolute atomic E-state index is 0.000999. The molecule has 0 aliphatic heterocycles. The van der Waals surface area contributed by atoms with Gasteiger partial charge >= 0.3 is 0 Å². The van der Waals surface area contributed by atoms with E-state index in [-0.39, 0.29) is 34.2 Å². The predicted octanol–water partition coefficient (Wildman–Crippen LogP) is 3.21. The van der Waals surface area contributed by atoms with E-state index in [1.807, 2.05) is 0 Å². The van der Waals surface area contributed by atoms with Gasteiger partial charge in [0.25, 0.3) is 5.91 Å². The number of pyridine rings is 1. The van der Waals surface area contributed by atoms with Crippen LogP contribution >= 0.6 is 0 Å². The molecule has 3 aromatic rings. The standard InChI is InChI=1S/C20H20F3N5O/c1-9-12(6-10(7-13(9)21)18(29)25-11-4-5-11)15-14(22)8-28-17(16(15)23)26-27-19(28)20(2,3)24/h6-8,11H,4-5,24H2,1-3H3,(H,25,29). The van der Waals surface area contributed by atoms with Gasteiger partial charge in [-0.15, -0.1) is 10.2 Å². The predicted molar refractivity (Wildman–Crippen MR) is 101 cm³/mol. The molecule has 1 aliphatic rings. The van der Waals surface area contributed by atoms with Crippen molar-refractivity contribution in [1.29, 1.82) is 0 Å². The zero-order chi connectivity index (χ0) is 21.1. The van der Waals surface area contributed by atoms with Gasteiger partial charge < -0.3 is 11.1 Å². The number of nitrogens with one attached hydrogen (secondary N) is 1. The Morgan fingerprint density at radius 2 is 1.90 bits per heavy atom. The molecule has 1 aliphatic carbocycles. The lowest BCUT2D eigenvalue weighted by Crippen LogP contribution is -2.31. The van der Waals surface area contributed by atoms with E-state index in [0.29, 0.717) is 0 Å². The van der Waals surface area contributed by atoms with Crippen LogP contribution in [0.4, 0.5) is 13.2 Å². The van der Waals surface area contributed by atoms with E-state index >= 15 is 4.39 Å². The number of aromatic nitrogens is 3. The topological polar surface area (TPSA) is 85.3 Å².